The second-order valence-electron chi connectivity index (χ2n) is 5.58. The summed E-state index contributed by atoms with van der Waals surface area (Å²) >= 11 is 0. The Bertz CT molecular complexity index is 271. The summed E-state index contributed by atoms with van der Waals surface area (Å²) in [6.45, 7) is 6.06. The number of carbonyl (C=O) groups is 1. The maximum Gasteiger partial charge on any atom is 0.305 e. The maximum absolute atomic E-state index is 11.2. The smallest absolute Gasteiger partial charge is 0.305 e. The fourth-order valence-electron chi connectivity index (χ4n) is 2.88. The minimum Gasteiger partial charge on any atom is -0.469 e. The Balaban J connectivity index is 2.16. The summed E-state index contributed by atoms with van der Waals surface area (Å²) in [5, 5.41) is 3.55. The first-order valence-corrected chi connectivity index (χ1v) is 8.22. The lowest BCUT2D eigenvalue weighted by molar-refractivity contribution is -0.141. The number of rotatable bonds is 10. The third-order valence-corrected chi connectivity index (χ3v) is 4.11. The average molecular weight is 301 g/mol. The van der Waals surface area contributed by atoms with E-state index < -0.39 is 0 Å². The molecule has 1 N–H and O–H groups in total. The summed E-state index contributed by atoms with van der Waals surface area (Å²) in [6.07, 6.45) is 6.06. The van der Waals surface area contributed by atoms with Gasteiger partial charge < -0.3 is 19.5 Å². The average Bonchev–Trinajstić information content (AvgIpc) is 2.51. The maximum atomic E-state index is 11.2. The number of esters is 1. The molecule has 0 saturated heterocycles. The highest BCUT2D eigenvalue weighted by atomic mass is 16.7. The van der Waals surface area contributed by atoms with Gasteiger partial charge >= 0.3 is 5.97 Å². The highest BCUT2D eigenvalue weighted by Crippen LogP contribution is 2.28. The Kier molecular flexibility index (Phi) is 9.63. The van der Waals surface area contributed by atoms with Crippen molar-refractivity contribution in [3.8, 4) is 0 Å². The summed E-state index contributed by atoms with van der Waals surface area (Å²) in [5.41, 5.74) is 0. The van der Waals surface area contributed by atoms with Gasteiger partial charge in [0.2, 0.25) is 0 Å². The van der Waals surface area contributed by atoms with Crippen LogP contribution in [0.5, 0.6) is 0 Å². The van der Waals surface area contributed by atoms with Gasteiger partial charge in [0, 0.05) is 32.2 Å². The number of hydrogen-bond donors (Lipinski definition) is 1. The molecule has 0 heterocycles. The van der Waals surface area contributed by atoms with E-state index in [0.717, 1.165) is 25.8 Å². The van der Waals surface area contributed by atoms with Gasteiger partial charge in [-0.25, -0.2) is 0 Å². The molecular weight excluding hydrogens is 270 g/mol. The second kappa shape index (κ2) is 11.0. The zero-order valence-electron chi connectivity index (χ0n) is 13.7. The van der Waals surface area contributed by atoms with Gasteiger partial charge in [-0.2, -0.15) is 0 Å². The normalized spacial score (nSPS) is 22.5. The molecule has 1 rings (SSSR count). The Labute approximate surface area is 128 Å². The standard InChI is InChI=1S/C16H31NO4/c1-4-20-16(21-5-2)12-17-14-9-6-13(7-10-14)8-11-15(18)19-3/h13-14,16-17H,4-12H2,1-3H3/t13-,14-. The molecule has 0 amide bonds. The lowest BCUT2D eigenvalue weighted by Crippen LogP contribution is -2.40. The van der Waals surface area contributed by atoms with Gasteiger partial charge in [-0.3, -0.25) is 4.79 Å². The summed E-state index contributed by atoms with van der Waals surface area (Å²) in [7, 11) is 1.45. The van der Waals surface area contributed by atoms with E-state index in [0.29, 0.717) is 31.6 Å². The molecular formula is C16H31NO4. The Morgan fingerprint density at radius 2 is 1.76 bits per heavy atom. The van der Waals surface area contributed by atoms with Gasteiger partial charge in [0.15, 0.2) is 6.29 Å². The van der Waals surface area contributed by atoms with Gasteiger partial charge in [-0.15, -0.1) is 0 Å². The summed E-state index contributed by atoms with van der Waals surface area (Å²) in [4.78, 5) is 11.2. The van der Waals surface area contributed by atoms with Crippen LogP contribution in [0, 0.1) is 5.92 Å². The van der Waals surface area contributed by atoms with Crippen molar-refractivity contribution in [2.75, 3.05) is 26.9 Å². The second-order valence-corrected chi connectivity index (χ2v) is 5.58. The SMILES string of the molecule is CCOC(CN[C@H]1CC[C@H](CCC(=O)OC)CC1)OCC. The van der Waals surface area contributed by atoms with Gasteiger partial charge in [0.05, 0.1) is 7.11 Å². The van der Waals surface area contributed by atoms with E-state index in [-0.39, 0.29) is 12.3 Å². The highest BCUT2D eigenvalue weighted by Gasteiger charge is 2.22. The minimum atomic E-state index is -0.142. The van der Waals surface area contributed by atoms with Crippen molar-refractivity contribution < 1.29 is 19.0 Å². The predicted molar refractivity (Wildman–Crippen MR) is 82.0 cm³/mol. The van der Waals surface area contributed by atoms with E-state index in [9.17, 15) is 4.79 Å². The Hall–Kier alpha value is -0.650. The van der Waals surface area contributed by atoms with Crippen molar-refractivity contribution in [1.29, 1.82) is 0 Å². The number of ether oxygens (including phenoxy) is 3. The molecule has 0 radical (unpaired) electrons. The number of hydrogen-bond acceptors (Lipinski definition) is 5. The molecule has 0 unspecified atom stereocenters. The number of nitrogens with one attached hydrogen (secondary N) is 1. The van der Waals surface area contributed by atoms with Gasteiger partial charge in [-0.1, -0.05) is 0 Å². The molecule has 0 atom stereocenters. The Morgan fingerprint density at radius 1 is 1.14 bits per heavy atom. The van der Waals surface area contributed by atoms with Crippen molar-refractivity contribution >= 4 is 5.97 Å². The van der Waals surface area contributed by atoms with Gasteiger partial charge in [-0.05, 0) is 51.9 Å². The molecule has 0 aliphatic heterocycles. The van der Waals surface area contributed by atoms with Crippen LogP contribution in [-0.2, 0) is 19.0 Å². The third kappa shape index (κ3) is 7.79. The highest BCUT2D eigenvalue weighted by molar-refractivity contribution is 5.69. The zero-order valence-corrected chi connectivity index (χ0v) is 13.7. The molecule has 0 bridgehead atoms. The molecule has 5 nitrogen and oxygen atoms in total. The van der Waals surface area contributed by atoms with Crippen molar-refractivity contribution in [2.45, 2.75) is 64.7 Å². The molecule has 124 valence electrons. The van der Waals surface area contributed by atoms with Crippen LogP contribution in [0.15, 0.2) is 0 Å². The molecule has 0 aromatic carbocycles. The first kappa shape index (κ1) is 18.4. The number of methoxy groups -OCH3 is 1. The van der Waals surface area contributed by atoms with E-state index >= 15 is 0 Å². The van der Waals surface area contributed by atoms with Gasteiger partial charge in [0.1, 0.15) is 0 Å². The van der Waals surface area contributed by atoms with Crippen LogP contribution >= 0.6 is 0 Å². The predicted octanol–water partition coefficient (Wildman–Crippen LogP) is 2.49. The van der Waals surface area contributed by atoms with Crippen LogP contribution in [0.25, 0.3) is 0 Å². The number of carbonyl (C=O) groups excluding carboxylic acids is 1. The molecule has 21 heavy (non-hydrogen) atoms. The molecule has 0 spiro atoms. The quantitative estimate of drug-likeness (QED) is 0.496. The van der Waals surface area contributed by atoms with Crippen LogP contribution < -0.4 is 5.32 Å². The fraction of sp³-hybridized carbons (Fsp3) is 0.938. The van der Waals surface area contributed by atoms with Crippen LogP contribution in [-0.4, -0.2) is 45.2 Å². The largest absolute Gasteiger partial charge is 0.469 e. The molecule has 5 heteroatoms. The minimum absolute atomic E-state index is 0.0912. The van der Waals surface area contributed by atoms with Crippen LogP contribution in [0.4, 0.5) is 0 Å². The van der Waals surface area contributed by atoms with Crippen molar-refractivity contribution in [2.24, 2.45) is 5.92 Å². The van der Waals surface area contributed by atoms with Crippen LogP contribution in [0.1, 0.15) is 52.4 Å². The lowest BCUT2D eigenvalue weighted by Gasteiger charge is -2.30. The molecule has 1 fully saturated rings. The molecule has 0 aromatic heterocycles. The molecule has 0 aromatic rings. The lowest BCUT2D eigenvalue weighted by atomic mass is 9.83. The topological polar surface area (TPSA) is 56.8 Å². The van der Waals surface area contributed by atoms with E-state index in [2.05, 4.69) is 5.32 Å². The van der Waals surface area contributed by atoms with Crippen LogP contribution in [0.3, 0.4) is 0 Å². The third-order valence-electron chi connectivity index (χ3n) is 4.11. The monoisotopic (exact) mass is 301 g/mol. The first-order valence-electron chi connectivity index (χ1n) is 8.22. The molecule has 1 aliphatic rings. The summed E-state index contributed by atoms with van der Waals surface area (Å²) in [6, 6.07) is 0.544. The first-order chi connectivity index (χ1) is 10.2. The summed E-state index contributed by atoms with van der Waals surface area (Å²) < 4.78 is 15.8. The van der Waals surface area contributed by atoms with E-state index in [4.69, 9.17) is 14.2 Å². The van der Waals surface area contributed by atoms with Crippen molar-refractivity contribution in [3.63, 3.8) is 0 Å². The molecule has 1 saturated carbocycles. The molecule has 1 aliphatic carbocycles. The van der Waals surface area contributed by atoms with E-state index in [1.165, 1.54) is 20.0 Å². The van der Waals surface area contributed by atoms with Crippen LogP contribution in [0.2, 0.25) is 0 Å². The van der Waals surface area contributed by atoms with E-state index in [1.807, 2.05) is 13.8 Å². The zero-order chi connectivity index (χ0) is 15.5. The van der Waals surface area contributed by atoms with Gasteiger partial charge in [0.25, 0.3) is 0 Å². The van der Waals surface area contributed by atoms with Crippen molar-refractivity contribution in [3.05, 3.63) is 0 Å². The van der Waals surface area contributed by atoms with Crippen molar-refractivity contribution in [1.82, 2.24) is 5.32 Å². The fourth-order valence-corrected chi connectivity index (χ4v) is 2.88. The Morgan fingerprint density at radius 3 is 2.29 bits per heavy atom. The van der Waals surface area contributed by atoms with E-state index in [1.54, 1.807) is 0 Å². The summed E-state index contributed by atoms with van der Waals surface area (Å²) in [5.74, 6) is 0.572.